The van der Waals surface area contributed by atoms with Crippen LogP contribution in [0.3, 0.4) is 0 Å². The van der Waals surface area contributed by atoms with E-state index >= 15 is 0 Å². The van der Waals surface area contributed by atoms with E-state index in [2.05, 4.69) is 9.82 Å². The maximum Gasteiger partial charge on any atom is 0.264 e. The summed E-state index contributed by atoms with van der Waals surface area (Å²) >= 11 is 18.2. The molecule has 0 atom stereocenters. The van der Waals surface area contributed by atoms with Crippen LogP contribution in [0, 0.1) is 0 Å². The number of hydrogen-bond acceptors (Lipinski definition) is 4. The van der Waals surface area contributed by atoms with Crippen LogP contribution >= 0.6 is 34.8 Å². The Morgan fingerprint density at radius 2 is 1.79 bits per heavy atom. The number of carbonyl (C=O) groups is 1. The standard InChI is InChI=1S/C24H22Cl3N3O3S/c25-19-9-11-21(12-10-19)34(32,33)29-23(31)6-2-4-16-3-1-5-17-14-28-30(24(16)17)15-18-7-8-20(26)13-22(18)27/h4,7-14H,1-3,5-6,15H2,(H,29,31)/b16-4+. The largest absolute Gasteiger partial charge is 0.274 e. The summed E-state index contributed by atoms with van der Waals surface area (Å²) in [6, 6.07) is 11.0. The van der Waals surface area contributed by atoms with Gasteiger partial charge >= 0.3 is 0 Å². The van der Waals surface area contributed by atoms with E-state index in [1.807, 2.05) is 23.0 Å². The number of rotatable bonds is 7. The van der Waals surface area contributed by atoms with Crippen molar-refractivity contribution in [2.24, 2.45) is 0 Å². The van der Waals surface area contributed by atoms with Gasteiger partial charge in [0.25, 0.3) is 10.0 Å². The molecule has 1 aromatic heterocycles. The SMILES string of the molecule is O=C(CC/C=C1\CCCc2cnn(Cc3ccc(Cl)cc3Cl)c21)NS(=O)(=O)c1ccc(Cl)cc1. The number of halogens is 3. The lowest BCUT2D eigenvalue weighted by molar-refractivity contribution is -0.119. The average Bonchev–Trinajstić information content (AvgIpc) is 3.19. The van der Waals surface area contributed by atoms with E-state index < -0.39 is 15.9 Å². The summed E-state index contributed by atoms with van der Waals surface area (Å²) in [5.74, 6) is -0.565. The normalized spacial score (nSPS) is 14.7. The van der Waals surface area contributed by atoms with Crippen molar-refractivity contribution < 1.29 is 13.2 Å². The Morgan fingerprint density at radius 1 is 1.06 bits per heavy atom. The highest BCUT2D eigenvalue weighted by molar-refractivity contribution is 7.90. The van der Waals surface area contributed by atoms with Crippen LogP contribution in [0.5, 0.6) is 0 Å². The van der Waals surface area contributed by atoms with E-state index in [9.17, 15) is 13.2 Å². The van der Waals surface area contributed by atoms with Gasteiger partial charge in [-0.2, -0.15) is 5.10 Å². The first kappa shape index (κ1) is 24.8. The van der Waals surface area contributed by atoms with Crippen LogP contribution in [0.1, 0.15) is 42.5 Å². The van der Waals surface area contributed by atoms with E-state index in [1.54, 1.807) is 12.1 Å². The van der Waals surface area contributed by atoms with Crippen LogP contribution in [-0.2, 0) is 27.8 Å². The van der Waals surface area contributed by atoms with Crippen LogP contribution < -0.4 is 4.72 Å². The number of nitrogens with one attached hydrogen (secondary N) is 1. The smallest absolute Gasteiger partial charge is 0.264 e. The van der Waals surface area contributed by atoms with Crippen LogP contribution in [0.2, 0.25) is 15.1 Å². The number of allylic oxidation sites excluding steroid dienone is 2. The molecule has 0 saturated carbocycles. The summed E-state index contributed by atoms with van der Waals surface area (Å²) in [6.07, 6.45) is 7.10. The van der Waals surface area contributed by atoms with E-state index in [-0.39, 0.29) is 11.3 Å². The zero-order valence-electron chi connectivity index (χ0n) is 18.1. The van der Waals surface area contributed by atoms with Crippen molar-refractivity contribution >= 4 is 56.3 Å². The van der Waals surface area contributed by atoms with Gasteiger partial charge in [0.1, 0.15) is 0 Å². The number of nitrogens with zero attached hydrogens (tertiary/aromatic N) is 2. The first-order valence-corrected chi connectivity index (χ1v) is 13.3. The highest BCUT2D eigenvalue weighted by Crippen LogP contribution is 2.32. The molecule has 34 heavy (non-hydrogen) atoms. The highest BCUT2D eigenvalue weighted by Gasteiger charge is 2.21. The zero-order valence-corrected chi connectivity index (χ0v) is 21.2. The van der Waals surface area contributed by atoms with Crippen molar-refractivity contribution in [2.75, 3.05) is 0 Å². The molecule has 1 aliphatic rings. The molecule has 3 aromatic rings. The molecular formula is C24H22Cl3N3O3S. The molecule has 0 radical (unpaired) electrons. The lowest BCUT2D eigenvalue weighted by Crippen LogP contribution is -2.30. The molecular weight excluding hydrogens is 517 g/mol. The summed E-state index contributed by atoms with van der Waals surface area (Å²) in [5, 5.41) is 6.13. The second-order valence-corrected chi connectivity index (χ2v) is 11.0. The quantitative estimate of drug-likeness (QED) is 0.406. The Hall–Kier alpha value is -2.32. The molecule has 0 unspecified atom stereocenters. The first-order chi connectivity index (χ1) is 16.2. The number of amides is 1. The summed E-state index contributed by atoms with van der Waals surface area (Å²) < 4.78 is 28.8. The topological polar surface area (TPSA) is 81.1 Å². The van der Waals surface area contributed by atoms with E-state index in [4.69, 9.17) is 34.8 Å². The van der Waals surface area contributed by atoms with E-state index in [1.165, 1.54) is 24.3 Å². The van der Waals surface area contributed by atoms with Gasteiger partial charge in [0.15, 0.2) is 0 Å². The van der Waals surface area contributed by atoms with Crippen LogP contribution in [-0.4, -0.2) is 24.1 Å². The monoisotopic (exact) mass is 537 g/mol. The van der Waals surface area contributed by atoms with E-state index in [0.29, 0.717) is 28.0 Å². The van der Waals surface area contributed by atoms with Crippen molar-refractivity contribution in [2.45, 2.75) is 43.5 Å². The number of fused-ring (bicyclic) bond motifs is 1. The molecule has 0 saturated heterocycles. The van der Waals surface area contributed by atoms with Crippen molar-refractivity contribution in [1.29, 1.82) is 0 Å². The van der Waals surface area contributed by atoms with Gasteiger partial charge in [-0.25, -0.2) is 13.1 Å². The number of aromatic nitrogens is 2. The molecule has 1 amide bonds. The number of carbonyl (C=O) groups excluding carboxylic acids is 1. The predicted octanol–water partition coefficient (Wildman–Crippen LogP) is 5.90. The molecule has 178 valence electrons. The molecule has 1 N–H and O–H groups in total. The third kappa shape index (κ3) is 5.84. The molecule has 1 heterocycles. The van der Waals surface area contributed by atoms with E-state index in [0.717, 1.165) is 41.7 Å². The number of hydrogen-bond donors (Lipinski definition) is 1. The molecule has 6 nitrogen and oxygen atoms in total. The average molecular weight is 539 g/mol. The second kappa shape index (κ2) is 10.5. The van der Waals surface area contributed by atoms with Crippen molar-refractivity contribution in [3.63, 3.8) is 0 Å². The van der Waals surface area contributed by atoms with Crippen molar-refractivity contribution in [3.8, 4) is 0 Å². The van der Waals surface area contributed by atoms with Crippen molar-refractivity contribution in [1.82, 2.24) is 14.5 Å². The number of benzene rings is 2. The fourth-order valence-corrected chi connectivity index (χ4v) is 5.56. The minimum atomic E-state index is -3.93. The molecule has 1 aliphatic carbocycles. The molecule has 10 heteroatoms. The Morgan fingerprint density at radius 3 is 2.53 bits per heavy atom. The maximum atomic E-state index is 12.4. The van der Waals surface area contributed by atoms with Gasteiger partial charge in [0, 0.05) is 21.5 Å². The summed E-state index contributed by atoms with van der Waals surface area (Å²) in [5.41, 5.74) is 4.19. The van der Waals surface area contributed by atoms with Gasteiger partial charge in [-0.3, -0.25) is 9.48 Å². The molecule has 0 aliphatic heterocycles. The van der Waals surface area contributed by atoms with Crippen molar-refractivity contribution in [3.05, 3.63) is 86.6 Å². The Bertz CT molecular complexity index is 1350. The number of aryl methyl sites for hydroxylation is 1. The van der Waals surface area contributed by atoms with Crippen LogP contribution in [0.4, 0.5) is 0 Å². The van der Waals surface area contributed by atoms with Crippen LogP contribution in [0.25, 0.3) is 5.57 Å². The summed E-state index contributed by atoms with van der Waals surface area (Å²) in [7, 11) is -3.93. The predicted molar refractivity (Wildman–Crippen MR) is 135 cm³/mol. The molecule has 0 spiro atoms. The third-order valence-electron chi connectivity index (χ3n) is 5.58. The fourth-order valence-electron chi connectivity index (χ4n) is 3.95. The maximum absolute atomic E-state index is 12.4. The minimum Gasteiger partial charge on any atom is -0.274 e. The van der Waals surface area contributed by atoms with Gasteiger partial charge in [-0.05, 0) is 78.8 Å². The minimum absolute atomic E-state index is 0.00899. The van der Waals surface area contributed by atoms with Gasteiger partial charge in [-0.15, -0.1) is 0 Å². The Labute approximate surface area is 213 Å². The number of sulfonamides is 1. The molecule has 4 rings (SSSR count). The van der Waals surface area contributed by atoms with Gasteiger partial charge in [0.2, 0.25) is 5.91 Å². The van der Waals surface area contributed by atoms with Gasteiger partial charge in [0.05, 0.1) is 23.3 Å². The second-order valence-electron chi connectivity index (χ2n) is 8.02. The molecule has 0 fully saturated rings. The summed E-state index contributed by atoms with van der Waals surface area (Å²) in [4.78, 5) is 12.3. The molecule has 2 aromatic carbocycles. The fraction of sp³-hybridized carbons (Fsp3) is 0.250. The van der Waals surface area contributed by atoms with Gasteiger partial charge < -0.3 is 0 Å². The Balaban J connectivity index is 1.44. The lowest BCUT2D eigenvalue weighted by Gasteiger charge is -2.18. The molecule has 0 bridgehead atoms. The summed E-state index contributed by atoms with van der Waals surface area (Å²) in [6.45, 7) is 0.502. The van der Waals surface area contributed by atoms with Gasteiger partial charge in [-0.1, -0.05) is 46.9 Å². The third-order valence-corrected chi connectivity index (χ3v) is 7.81. The lowest BCUT2D eigenvalue weighted by atomic mass is 9.92. The first-order valence-electron chi connectivity index (χ1n) is 10.7. The Kier molecular flexibility index (Phi) is 7.67. The van der Waals surface area contributed by atoms with Crippen LogP contribution in [0.15, 0.2) is 59.6 Å². The highest BCUT2D eigenvalue weighted by atomic mass is 35.5. The zero-order chi connectivity index (χ0) is 24.3.